The van der Waals surface area contributed by atoms with E-state index < -0.39 is 0 Å². The molecule has 126 valence electrons. The van der Waals surface area contributed by atoms with Gasteiger partial charge in [0.05, 0.1) is 6.04 Å². The summed E-state index contributed by atoms with van der Waals surface area (Å²) in [6, 6.07) is 20.7. The van der Waals surface area contributed by atoms with Crippen molar-refractivity contribution in [1.29, 1.82) is 0 Å². The third-order valence-electron chi connectivity index (χ3n) is 4.99. The lowest BCUT2D eigenvalue weighted by Crippen LogP contribution is -2.34. The van der Waals surface area contributed by atoms with Gasteiger partial charge in [-0.15, -0.1) is 0 Å². The summed E-state index contributed by atoms with van der Waals surface area (Å²) >= 11 is 0. The van der Waals surface area contributed by atoms with Crippen molar-refractivity contribution in [3.63, 3.8) is 0 Å². The first-order valence-electron chi connectivity index (χ1n) is 8.86. The van der Waals surface area contributed by atoms with Gasteiger partial charge in [0.15, 0.2) is 0 Å². The highest BCUT2D eigenvalue weighted by Crippen LogP contribution is 2.27. The number of nitrogens with one attached hydrogen (secondary N) is 1. The molecule has 0 aliphatic heterocycles. The van der Waals surface area contributed by atoms with E-state index in [0.717, 1.165) is 31.2 Å². The number of carbonyl (C=O) groups is 1. The molecular weight excluding hydrogens is 296 g/mol. The molecule has 2 aromatic carbocycles. The summed E-state index contributed by atoms with van der Waals surface area (Å²) in [6.07, 6.45) is 4.60. The van der Waals surface area contributed by atoms with Gasteiger partial charge in [0.1, 0.15) is 0 Å². The zero-order valence-corrected chi connectivity index (χ0v) is 14.0. The van der Waals surface area contributed by atoms with Gasteiger partial charge in [0.2, 0.25) is 5.91 Å². The van der Waals surface area contributed by atoms with Gasteiger partial charge < -0.3 is 11.1 Å². The summed E-state index contributed by atoms with van der Waals surface area (Å²) in [4.78, 5) is 12.6. The minimum absolute atomic E-state index is 0.00118. The Labute approximate surface area is 144 Å². The summed E-state index contributed by atoms with van der Waals surface area (Å²) < 4.78 is 0. The molecular formula is C21H26N2O. The first-order chi connectivity index (χ1) is 11.7. The van der Waals surface area contributed by atoms with Crippen LogP contribution in [0.2, 0.25) is 0 Å². The summed E-state index contributed by atoms with van der Waals surface area (Å²) in [5, 5.41) is 3.23. The molecule has 0 spiro atoms. The number of hydrogen-bond donors (Lipinski definition) is 2. The lowest BCUT2D eigenvalue weighted by molar-refractivity contribution is -0.122. The maximum absolute atomic E-state index is 12.6. The molecule has 0 heterocycles. The van der Waals surface area contributed by atoms with Gasteiger partial charge in [-0.25, -0.2) is 0 Å². The summed E-state index contributed by atoms with van der Waals surface area (Å²) in [7, 11) is 0. The molecule has 0 saturated heterocycles. The fourth-order valence-electron chi connectivity index (χ4n) is 3.60. The van der Waals surface area contributed by atoms with Gasteiger partial charge >= 0.3 is 0 Å². The molecule has 3 N–H and O–H groups in total. The lowest BCUT2D eigenvalue weighted by atomic mass is 9.96. The third kappa shape index (κ3) is 4.45. The largest absolute Gasteiger partial charge is 0.349 e. The van der Waals surface area contributed by atoms with E-state index in [-0.39, 0.29) is 18.0 Å². The molecule has 3 nitrogen and oxygen atoms in total. The molecule has 1 saturated carbocycles. The van der Waals surface area contributed by atoms with E-state index in [9.17, 15) is 4.79 Å². The summed E-state index contributed by atoms with van der Waals surface area (Å²) in [5.41, 5.74) is 8.48. The van der Waals surface area contributed by atoms with E-state index in [1.807, 2.05) is 36.4 Å². The highest BCUT2D eigenvalue weighted by atomic mass is 16.1. The van der Waals surface area contributed by atoms with Crippen molar-refractivity contribution in [2.45, 2.75) is 44.2 Å². The van der Waals surface area contributed by atoms with Gasteiger partial charge in [-0.05, 0) is 36.3 Å². The number of amides is 1. The molecule has 1 unspecified atom stereocenters. The Morgan fingerprint density at radius 1 is 1.04 bits per heavy atom. The Morgan fingerprint density at radius 2 is 1.71 bits per heavy atom. The topological polar surface area (TPSA) is 55.1 Å². The van der Waals surface area contributed by atoms with Crippen LogP contribution >= 0.6 is 0 Å². The lowest BCUT2D eigenvalue weighted by Gasteiger charge is -2.22. The average Bonchev–Trinajstić information content (AvgIpc) is 3.01. The Balaban J connectivity index is 1.69. The Kier molecular flexibility index (Phi) is 5.65. The fraction of sp³-hybridized carbons (Fsp3) is 0.381. The highest BCUT2D eigenvalue weighted by Gasteiger charge is 2.27. The highest BCUT2D eigenvalue weighted by molar-refractivity contribution is 5.77. The average molecular weight is 322 g/mol. The smallest absolute Gasteiger partial charge is 0.220 e. The van der Waals surface area contributed by atoms with Crippen LogP contribution in [-0.4, -0.2) is 11.9 Å². The quantitative estimate of drug-likeness (QED) is 0.853. The van der Waals surface area contributed by atoms with Crippen molar-refractivity contribution in [3.8, 4) is 0 Å². The Morgan fingerprint density at radius 3 is 2.33 bits per heavy atom. The molecule has 0 aromatic heterocycles. The Hall–Kier alpha value is -2.13. The number of nitrogens with two attached hydrogens (primary N) is 1. The molecule has 3 atom stereocenters. The van der Waals surface area contributed by atoms with Crippen LogP contribution in [0.15, 0.2) is 60.7 Å². The number of benzene rings is 2. The normalized spacial score (nSPS) is 21.4. The van der Waals surface area contributed by atoms with Crippen molar-refractivity contribution in [2.24, 2.45) is 11.7 Å². The second-order valence-corrected chi connectivity index (χ2v) is 6.78. The molecule has 3 heteroatoms. The van der Waals surface area contributed by atoms with Gasteiger partial charge in [-0.2, -0.15) is 0 Å². The van der Waals surface area contributed by atoms with Crippen LogP contribution in [0.3, 0.4) is 0 Å². The SMILES string of the molecule is N[C@@H]1CCC[C@H]1CC(=O)NC(Cc1ccccc1)c1ccccc1. The van der Waals surface area contributed by atoms with Crippen molar-refractivity contribution < 1.29 is 4.79 Å². The minimum Gasteiger partial charge on any atom is -0.349 e. The predicted molar refractivity (Wildman–Crippen MR) is 97.4 cm³/mol. The van der Waals surface area contributed by atoms with Crippen LogP contribution in [-0.2, 0) is 11.2 Å². The monoisotopic (exact) mass is 322 g/mol. The first kappa shape index (κ1) is 16.7. The molecule has 0 radical (unpaired) electrons. The predicted octanol–water partition coefficient (Wildman–Crippen LogP) is 3.60. The zero-order chi connectivity index (χ0) is 16.8. The van der Waals surface area contributed by atoms with Gasteiger partial charge in [0, 0.05) is 12.5 Å². The van der Waals surface area contributed by atoms with Gasteiger partial charge in [0.25, 0.3) is 0 Å². The molecule has 3 rings (SSSR count). The van der Waals surface area contributed by atoms with Gasteiger partial charge in [-0.1, -0.05) is 67.1 Å². The third-order valence-corrected chi connectivity index (χ3v) is 4.99. The number of carbonyl (C=O) groups excluding carboxylic acids is 1. The fourth-order valence-corrected chi connectivity index (χ4v) is 3.60. The standard InChI is InChI=1S/C21H26N2O/c22-19-13-7-12-18(19)15-21(24)23-20(17-10-5-2-6-11-17)14-16-8-3-1-4-9-16/h1-6,8-11,18-20H,7,12-15,22H2,(H,23,24)/t18-,19+,20?/m0/s1. The molecule has 1 aliphatic rings. The van der Waals surface area contributed by atoms with E-state index in [0.29, 0.717) is 12.3 Å². The minimum atomic E-state index is -0.00118. The van der Waals surface area contributed by atoms with Crippen LogP contribution in [0.4, 0.5) is 0 Å². The number of rotatable bonds is 6. The molecule has 1 amide bonds. The van der Waals surface area contributed by atoms with E-state index in [2.05, 4.69) is 29.6 Å². The molecule has 1 aliphatic carbocycles. The van der Waals surface area contributed by atoms with E-state index in [1.165, 1.54) is 5.56 Å². The van der Waals surface area contributed by atoms with Crippen LogP contribution in [0.25, 0.3) is 0 Å². The van der Waals surface area contributed by atoms with Crippen LogP contribution in [0.5, 0.6) is 0 Å². The van der Waals surface area contributed by atoms with Crippen molar-refractivity contribution in [2.75, 3.05) is 0 Å². The maximum Gasteiger partial charge on any atom is 0.220 e. The van der Waals surface area contributed by atoms with Crippen molar-refractivity contribution in [1.82, 2.24) is 5.32 Å². The van der Waals surface area contributed by atoms with E-state index in [4.69, 9.17) is 5.73 Å². The molecule has 24 heavy (non-hydrogen) atoms. The molecule has 2 aromatic rings. The Bertz CT molecular complexity index is 641. The van der Waals surface area contributed by atoms with Crippen LogP contribution in [0, 0.1) is 5.92 Å². The van der Waals surface area contributed by atoms with Crippen LogP contribution in [0.1, 0.15) is 42.9 Å². The van der Waals surface area contributed by atoms with E-state index in [1.54, 1.807) is 0 Å². The van der Waals surface area contributed by atoms with E-state index >= 15 is 0 Å². The molecule has 1 fully saturated rings. The van der Waals surface area contributed by atoms with Crippen LogP contribution < -0.4 is 11.1 Å². The second-order valence-electron chi connectivity index (χ2n) is 6.78. The summed E-state index contributed by atoms with van der Waals surface area (Å²) in [6.45, 7) is 0. The first-order valence-corrected chi connectivity index (χ1v) is 8.86. The molecule has 0 bridgehead atoms. The zero-order valence-electron chi connectivity index (χ0n) is 14.0. The van der Waals surface area contributed by atoms with Crippen molar-refractivity contribution >= 4 is 5.91 Å². The van der Waals surface area contributed by atoms with Gasteiger partial charge in [-0.3, -0.25) is 4.79 Å². The second kappa shape index (κ2) is 8.11. The summed E-state index contributed by atoms with van der Waals surface area (Å²) in [5.74, 6) is 0.445. The van der Waals surface area contributed by atoms with Crippen molar-refractivity contribution in [3.05, 3.63) is 71.8 Å². The maximum atomic E-state index is 12.6. The number of hydrogen-bond acceptors (Lipinski definition) is 2.